The molecule has 4 nitrogen and oxygen atoms in total. The van der Waals surface area contributed by atoms with Gasteiger partial charge in [-0.05, 0) is 32.4 Å². The van der Waals surface area contributed by atoms with Crippen LogP contribution >= 0.6 is 11.3 Å². The van der Waals surface area contributed by atoms with E-state index in [4.69, 9.17) is 4.74 Å². The molecule has 5 heteroatoms. The summed E-state index contributed by atoms with van der Waals surface area (Å²) in [7, 11) is 0. The van der Waals surface area contributed by atoms with Crippen molar-refractivity contribution in [2.24, 2.45) is 0 Å². The first-order valence-corrected chi connectivity index (χ1v) is 8.22. The van der Waals surface area contributed by atoms with Crippen LogP contribution < -0.4 is 5.32 Å². The minimum absolute atomic E-state index is 0.305. The molecule has 1 fully saturated rings. The number of thiophene rings is 1. The second kappa shape index (κ2) is 8.10. The summed E-state index contributed by atoms with van der Waals surface area (Å²) in [5.74, 6) is 0. The average molecular weight is 298 g/mol. The van der Waals surface area contributed by atoms with Crippen molar-refractivity contribution < 1.29 is 9.84 Å². The van der Waals surface area contributed by atoms with Crippen molar-refractivity contribution in [3.05, 3.63) is 21.9 Å². The number of β-amino-alcohol motifs (C(OH)–C–C–N with tert-alkyl or cyclic N) is 1. The summed E-state index contributed by atoms with van der Waals surface area (Å²) in [6.45, 7) is 9.14. The fourth-order valence-corrected chi connectivity index (χ4v) is 3.47. The Hall–Kier alpha value is -0.460. The molecule has 1 aromatic rings. The molecule has 1 aromatic heterocycles. The van der Waals surface area contributed by atoms with Crippen LogP contribution in [0.5, 0.6) is 0 Å². The normalized spacial score (nSPS) is 19.9. The number of rotatable bonds is 7. The predicted octanol–water partition coefficient (Wildman–Crippen LogP) is 1.27. The van der Waals surface area contributed by atoms with Gasteiger partial charge in [-0.1, -0.05) is 0 Å². The van der Waals surface area contributed by atoms with Gasteiger partial charge < -0.3 is 15.2 Å². The first kappa shape index (κ1) is 15.9. The van der Waals surface area contributed by atoms with E-state index in [9.17, 15) is 5.11 Å². The van der Waals surface area contributed by atoms with Crippen molar-refractivity contribution in [2.75, 3.05) is 39.4 Å². The maximum atomic E-state index is 10.1. The van der Waals surface area contributed by atoms with Gasteiger partial charge in [0.15, 0.2) is 0 Å². The van der Waals surface area contributed by atoms with E-state index in [-0.39, 0.29) is 6.10 Å². The molecule has 2 rings (SSSR count). The topological polar surface area (TPSA) is 44.7 Å². The minimum atomic E-state index is -0.305. The quantitative estimate of drug-likeness (QED) is 0.796. The second-order valence-electron chi connectivity index (χ2n) is 5.59. The lowest BCUT2D eigenvalue weighted by Crippen LogP contribution is -2.45. The molecular weight excluding hydrogens is 272 g/mol. The Balaban J connectivity index is 1.63. The first-order chi connectivity index (χ1) is 9.63. The number of nitrogens with one attached hydrogen (secondary N) is 1. The lowest BCUT2D eigenvalue weighted by molar-refractivity contribution is 0.0145. The lowest BCUT2D eigenvalue weighted by atomic mass is 10.2. The van der Waals surface area contributed by atoms with Crippen LogP contribution in [-0.4, -0.2) is 61.5 Å². The summed E-state index contributed by atoms with van der Waals surface area (Å²) in [4.78, 5) is 5.04. The van der Waals surface area contributed by atoms with Gasteiger partial charge in [0.05, 0.1) is 19.3 Å². The molecule has 2 atom stereocenters. The molecule has 0 bridgehead atoms. The largest absolute Gasteiger partial charge is 0.390 e. The van der Waals surface area contributed by atoms with Crippen LogP contribution in [0.4, 0.5) is 0 Å². The number of morpholine rings is 1. The Bertz CT molecular complexity index is 391. The van der Waals surface area contributed by atoms with Crippen molar-refractivity contribution in [1.82, 2.24) is 10.2 Å². The molecule has 1 saturated heterocycles. The van der Waals surface area contributed by atoms with E-state index in [0.717, 1.165) is 39.3 Å². The van der Waals surface area contributed by atoms with Gasteiger partial charge >= 0.3 is 0 Å². The van der Waals surface area contributed by atoms with Gasteiger partial charge in [0.25, 0.3) is 0 Å². The fourth-order valence-electron chi connectivity index (χ4n) is 2.45. The van der Waals surface area contributed by atoms with E-state index < -0.39 is 0 Å². The molecular formula is C15H26N2O2S. The molecule has 1 aliphatic rings. The lowest BCUT2D eigenvalue weighted by Gasteiger charge is -2.29. The van der Waals surface area contributed by atoms with Crippen LogP contribution in [0.15, 0.2) is 12.1 Å². The summed E-state index contributed by atoms with van der Waals surface area (Å²) < 4.78 is 5.31. The number of aliphatic hydroxyl groups is 1. The number of nitrogens with zero attached hydrogens (tertiary/aromatic N) is 1. The number of hydrogen-bond donors (Lipinski definition) is 2. The number of ether oxygens (including phenoxy) is 1. The van der Waals surface area contributed by atoms with E-state index >= 15 is 0 Å². The fraction of sp³-hybridized carbons (Fsp3) is 0.733. The van der Waals surface area contributed by atoms with Gasteiger partial charge in [-0.2, -0.15) is 0 Å². The molecule has 114 valence electrons. The van der Waals surface area contributed by atoms with E-state index in [1.54, 1.807) is 0 Å². The highest BCUT2D eigenvalue weighted by atomic mass is 32.1. The molecule has 0 aliphatic carbocycles. The molecule has 20 heavy (non-hydrogen) atoms. The van der Waals surface area contributed by atoms with Crippen LogP contribution in [-0.2, 0) is 11.2 Å². The van der Waals surface area contributed by atoms with Crippen molar-refractivity contribution >= 4 is 11.3 Å². The van der Waals surface area contributed by atoms with Crippen LogP contribution in [0.3, 0.4) is 0 Å². The summed E-state index contributed by atoms with van der Waals surface area (Å²) in [6.07, 6.45) is 0.726. The molecule has 0 saturated carbocycles. The molecule has 0 spiro atoms. The van der Waals surface area contributed by atoms with Crippen LogP contribution in [0, 0.1) is 6.92 Å². The third-order valence-electron chi connectivity index (χ3n) is 3.58. The van der Waals surface area contributed by atoms with Crippen molar-refractivity contribution in [1.29, 1.82) is 0 Å². The van der Waals surface area contributed by atoms with Gasteiger partial charge in [0.2, 0.25) is 0 Å². The Labute approximate surface area is 125 Å². The number of hydrogen-bond acceptors (Lipinski definition) is 5. The van der Waals surface area contributed by atoms with E-state index in [2.05, 4.69) is 36.2 Å². The number of aryl methyl sites for hydroxylation is 1. The minimum Gasteiger partial charge on any atom is -0.390 e. The Morgan fingerprint density at radius 1 is 1.40 bits per heavy atom. The Morgan fingerprint density at radius 3 is 2.80 bits per heavy atom. The molecule has 0 aromatic carbocycles. The predicted molar refractivity (Wildman–Crippen MR) is 83.5 cm³/mol. The number of aliphatic hydroxyl groups excluding tert-OH is 1. The van der Waals surface area contributed by atoms with Crippen LogP contribution in [0.2, 0.25) is 0 Å². The molecule has 2 N–H and O–H groups in total. The average Bonchev–Trinajstić information content (AvgIpc) is 2.83. The van der Waals surface area contributed by atoms with Crippen LogP contribution in [0.1, 0.15) is 16.7 Å². The SMILES string of the molecule is Cc1ccc(CC(C)NCC(O)CN2CCOCC2)s1. The van der Waals surface area contributed by atoms with Gasteiger partial charge in [-0.25, -0.2) is 0 Å². The van der Waals surface area contributed by atoms with E-state index in [1.807, 2.05) is 11.3 Å². The highest BCUT2D eigenvalue weighted by molar-refractivity contribution is 7.11. The highest BCUT2D eigenvalue weighted by Gasteiger charge is 2.15. The maximum absolute atomic E-state index is 10.1. The molecule has 2 heterocycles. The van der Waals surface area contributed by atoms with Crippen molar-refractivity contribution in [2.45, 2.75) is 32.4 Å². The molecule has 2 unspecified atom stereocenters. The zero-order valence-corrected chi connectivity index (χ0v) is 13.3. The third-order valence-corrected chi connectivity index (χ3v) is 4.60. The maximum Gasteiger partial charge on any atom is 0.0791 e. The third kappa shape index (κ3) is 5.50. The van der Waals surface area contributed by atoms with Crippen molar-refractivity contribution in [3.8, 4) is 0 Å². The summed E-state index contributed by atoms with van der Waals surface area (Å²) >= 11 is 1.85. The zero-order valence-electron chi connectivity index (χ0n) is 12.5. The van der Waals surface area contributed by atoms with E-state index in [0.29, 0.717) is 12.6 Å². The monoisotopic (exact) mass is 298 g/mol. The first-order valence-electron chi connectivity index (χ1n) is 7.40. The second-order valence-corrected chi connectivity index (χ2v) is 6.97. The Kier molecular flexibility index (Phi) is 6.45. The highest BCUT2D eigenvalue weighted by Crippen LogP contribution is 2.16. The summed E-state index contributed by atoms with van der Waals surface area (Å²) in [5, 5.41) is 13.5. The van der Waals surface area contributed by atoms with Crippen LogP contribution in [0.25, 0.3) is 0 Å². The molecule has 1 aliphatic heterocycles. The van der Waals surface area contributed by atoms with Crippen molar-refractivity contribution in [3.63, 3.8) is 0 Å². The van der Waals surface area contributed by atoms with Gasteiger partial charge in [-0.15, -0.1) is 11.3 Å². The van der Waals surface area contributed by atoms with Gasteiger partial charge in [0, 0.05) is 42.0 Å². The molecule has 0 amide bonds. The summed E-state index contributed by atoms with van der Waals surface area (Å²) in [5.41, 5.74) is 0. The van der Waals surface area contributed by atoms with E-state index in [1.165, 1.54) is 9.75 Å². The standard InChI is InChI=1S/C15H26N2O2S/c1-12(9-15-4-3-13(2)20-15)16-10-14(18)11-17-5-7-19-8-6-17/h3-4,12,14,16,18H,5-11H2,1-2H3. The Morgan fingerprint density at radius 2 is 2.15 bits per heavy atom. The molecule has 0 radical (unpaired) electrons. The summed E-state index contributed by atoms with van der Waals surface area (Å²) in [6, 6.07) is 4.76. The van der Waals surface area contributed by atoms with Gasteiger partial charge in [0.1, 0.15) is 0 Å². The smallest absolute Gasteiger partial charge is 0.0791 e. The van der Waals surface area contributed by atoms with Gasteiger partial charge in [-0.3, -0.25) is 4.90 Å². The zero-order chi connectivity index (χ0) is 14.4.